The molecule has 2 saturated heterocycles. The summed E-state index contributed by atoms with van der Waals surface area (Å²) in [7, 11) is 0. The number of aliphatic hydroxyl groups is 1. The van der Waals surface area contributed by atoms with Crippen LogP contribution in [0.1, 0.15) is 70.2 Å². The van der Waals surface area contributed by atoms with E-state index in [0.717, 1.165) is 25.2 Å². The molecule has 202 valence electrons. The van der Waals surface area contributed by atoms with Crippen LogP contribution < -0.4 is 10.2 Å². The number of carbonyl (C=O) groups excluding carboxylic acids is 4. The van der Waals surface area contributed by atoms with E-state index in [1.807, 2.05) is 26.0 Å². The van der Waals surface area contributed by atoms with Crippen molar-refractivity contribution < 1.29 is 24.3 Å². The van der Waals surface area contributed by atoms with Gasteiger partial charge < -0.3 is 25.1 Å². The molecule has 0 spiro atoms. The van der Waals surface area contributed by atoms with Crippen LogP contribution >= 0.6 is 0 Å². The number of amides is 3. The molecule has 3 amide bonds. The fourth-order valence-electron chi connectivity index (χ4n) is 5.88. The number of ketones is 1. The number of nitrogens with zero attached hydrogens (tertiary/aromatic N) is 3. The van der Waals surface area contributed by atoms with Gasteiger partial charge in [0.15, 0.2) is 5.78 Å². The van der Waals surface area contributed by atoms with E-state index in [2.05, 4.69) is 24.1 Å². The van der Waals surface area contributed by atoms with Crippen molar-refractivity contribution in [3.63, 3.8) is 0 Å². The number of benzene rings is 1. The van der Waals surface area contributed by atoms with E-state index in [9.17, 15) is 24.3 Å². The molecule has 2 aliphatic heterocycles. The molecule has 1 aromatic rings. The Morgan fingerprint density at radius 1 is 1.11 bits per heavy atom. The minimum atomic E-state index is -1.37. The first-order valence-corrected chi connectivity index (χ1v) is 13.6. The zero-order valence-corrected chi connectivity index (χ0v) is 22.4. The van der Waals surface area contributed by atoms with Crippen molar-refractivity contribution in [3.8, 4) is 0 Å². The van der Waals surface area contributed by atoms with Crippen LogP contribution in [0.15, 0.2) is 24.3 Å². The topological polar surface area (TPSA) is 110 Å². The second-order valence-electron chi connectivity index (χ2n) is 11.0. The van der Waals surface area contributed by atoms with Crippen molar-refractivity contribution in [1.82, 2.24) is 15.1 Å². The molecular formula is C28H40N4O5. The summed E-state index contributed by atoms with van der Waals surface area (Å²) in [5.41, 5.74) is 0.130. The van der Waals surface area contributed by atoms with Gasteiger partial charge in [-0.2, -0.15) is 0 Å². The van der Waals surface area contributed by atoms with Crippen LogP contribution in [0, 0.1) is 5.92 Å². The average molecular weight is 513 g/mol. The summed E-state index contributed by atoms with van der Waals surface area (Å²) < 4.78 is 0. The molecule has 3 aliphatic rings. The lowest BCUT2D eigenvalue weighted by atomic mass is 9.79. The number of nitrogens with one attached hydrogen (secondary N) is 1. The van der Waals surface area contributed by atoms with Crippen LogP contribution in [0.3, 0.4) is 0 Å². The number of anilines is 1. The van der Waals surface area contributed by atoms with Crippen LogP contribution in [-0.2, 0) is 14.4 Å². The van der Waals surface area contributed by atoms with Crippen LogP contribution in [-0.4, -0.2) is 88.3 Å². The molecule has 1 aromatic carbocycles. The quantitative estimate of drug-likeness (QED) is 0.524. The van der Waals surface area contributed by atoms with Crippen molar-refractivity contribution in [2.24, 2.45) is 5.92 Å². The molecule has 9 nitrogen and oxygen atoms in total. The first-order valence-electron chi connectivity index (χ1n) is 13.6. The van der Waals surface area contributed by atoms with E-state index in [4.69, 9.17) is 0 Å². The van der Waals surface area contributed by atoms with Gasteiger partial charge in [0.1, 0.15) is 17.7 Å². The van der Waals surface area contributed by atoms with E-state index >= 15 is 0 Å². The number of hydrogen-bond donors (Lipinski definition) is 2. The van der Waals surface area contributed by atoms with Gasteiger partial charge >= 0.3 is 0 Å². The summed E-state index contributed by atoms with van der Waals surface area (Å²) in [5.74, 6) is -1.06. The van der Waals surface area contributed by atoms with Crippen molar-refractivity contribution in [1.29, 1.82) is 0 Å². The predicted octanol–water partition coefficient (Wildman–Crippen LogP) is 1.97. The highest BCUT2D eigenvalue weighted by atomic mass is 16.3. The molecule has 2 heterocycles. The summed E-state index contributed by atoms with van der Waals surface area (Å²) in [5, 5.41) is 13.5. The molecule has 0 aromatic heterocycles. The Balaban J connectivity index is 1.47. The van der Waals surface area contributed by atoms with Gasteiger partial charge in [0.25, 0.3) is 11.8 Å². The molecule has 9 heteroatoms. The second kappa shape index (κ2) is 10.8. The average Bonchev–Trinajstić information content (AvgIpc) is 3.43. The third-order valence-electron chi connectivity index (χ3n) is 8.11. The Morgan fingerprint density at radius 2 is 1.76 bits per heavy atom. The number of carbonyl (C=O) groups is 4. The molecule has 3 atom stereocenters. The zero-order valence-electron chi connectivity index (χ0n) is 22.4. The summed E-state index contributed by atoms with van der Waals surface area (Å²) in [6.45, 7) is 10.1. The molecule has 37 heavy (non-hydrogen) atoms. The summed E-state index contributed by atoms with van der Waals surface area (Å²) >= 11 is 0. The van der Waals surface area contributed by atoms with E-state index in [0.29, 0.717) is 37.8 Å². The second-order valence-corrected chi connectivity index (χ2v) is 11.0. The Bertz CT molecular complexity index is 1030. The fraction of sp³-hybridized carbons (Fsp3) is 0.643. The van der Waals surface area contributed by atoms with E-state index < -0.39 is 29.6 Å². The Hall–Kier alpha value is -2.94. The van der Waals surface area contributed by atoms with Crippen molar-refractivity contribution in [2.75, 3.05) is 31.1 Å². The fourth-order valence-corrected chi connectivity index (χ4v) is 5.88. The number of Topliss-reactive ketones (excluding diaryl/α,β-unsaturated/α-hetero) is 1. The summed E-state index contributed by atoms with van der Waals surface area (Å²) in [4.78, 5) is 58.0. The van der Waals surface area contributed by atoms with Gasteiger partial charge in [-0.3, -0.25) is 19.2 Å². The molecule has 0 bridgehead atoms. The molecular weight excluding hydrogens is 472 g/mol. The molecule has 3 fully saturated rings. The van der Waals surface area contributed by atoms with Crippen molar-refractivity contribution in [2.45, 2.75) is 83.5 Å². The first-order chi connectivity index (χ1) is 17.6. The van der Waals surface area contributed by atoms with Gasteiger partial charge in [-0.05, 0) is 76.1 Å². The lowest BCUT2D eigenvalue weighted by Crippen LogP contribution is -2.55. The minimum Gasteiger partial charge on any atom is -0.380 e. The Kier molecular flexibility index (Phi) is 7.92. The molecule has 3 unspecified atom stereocenters. The van der Waals surface area contributed by atoms with Crippen LogP contribution in [0.5, 0.6) is 0 Å². The van der Waals surface area contributed by atoms with Crippen molar-refractivity contribution in [3.05, 3.63) is 29.8 Å². The van der Waals surface area contributed by atoms with Gasteiger partial charge in [0.2, 0.25) is 5.91 Å². The Morgan fingerprint density at radius 3 is 2.30 bits per heavy atom. The standard InChI is InChI=1S/C28H40N4O5/c1-5-30(6-2)20-10-8-19(9-11-20)25(34)29-21(16-18(3)4)26(35)31-15-12-22-24(31)23(33)17-32(22)27(36)28(37)13-7-14-28/h8-11,18,21-22,24,37H,5-7,12-17H2,1-4H3,(H,29,34). The highest BCUT2D eigenvalue weighted by Crippen LogP contribution is 2.38. The number of rotatable bonds is 9. The third-order valence-corrected chi connectivity index (χ3v) is 8.11. The van der Waals surface area contributed by atoms with Crippen molar-refractivity contribution >= 4 is 29.2 Å². The molecule has 2 N–H and O–H groups in total. The SMILES string of the molecule is CCN(CC)c1ccc(C(=O)NC(CC(C)C)C(=O)N2CCC3C2C(=O)CN3C(=O)C2(O)CCC2)cc1. The van der Waals surface area contributed by atoms with Crippen LogP contribution in [0.4, 0.5) is 5.69 Å². The maximum Gasteiger partial charge on any atom is 0.255 e. The highest BCUT2D eigenvalue weighted by Gasteiger charge is 2.56. The largest absolute Gasteiger partial charge is 0.380 e. The molecule has 1 aliphatic carbocycles. The maximum atomic E-state index is 13.7. The smallest absolute Gasteiger partial charge is 0.255 e. The first kappa shape index (κ1) is 27.1. The van der Waals surface area contributed by atoms with Gasteiger partial charge in [0.05, 0.1) is 12.6 Å². The summed E-state index contributed by atoms with van der Waals surface area (Å²) in [6.07, 6.45) is 2.53. The van der Waals surface area contributed by atoms with E-state index in [1.54, 1.807) is 17.0 Å². The van der Waals surface area contributed by atoms with Crippen LogP contribution in [0.25, 0.3) is 0 Å². The molecule has 4 rings (SSSR count). The number of fused-ring (bicyclic) bond motifs is 1. The van der Waals surface area contributed by atoms with Crippen LogP contribution in [0.2, 0.25) is 0 Å². The maximum absolute atomic E-state index is 13.7. The third kappa shape index (κ3) is 5.23. The van der Waals surface area contributed by atoms with Gasteiger partial charge in [-0.15, -0.1) is 0 Å². The minimum absolute atomic E-state index is 0.0830. The molecule has 1 saturated carbocycles. The van der Waals surface area contributed by atoms with Gasteiger partial charge in [-0.1, -0.05) is 13.8 Å². The van der Waals surface area contributed by atoms with E-state index in [-0.39, 0.29) is 30.1 Å². The normalized spacial score (nSPS) is 23.0. The van der Waals surface area contributed by atoms with E-state index in [1.165, 1.54) is 4.90 Å². The summed E-state index contributed by atoms with van der Waals surface area (Å²) in [6, 6.07) is 5.43. The zero-order chi connectivity index (χ0) is 26.9. The monoisotopic (exact) mass is 512 g/mol. The number of hydrogen-bond acceptors (Lipinski definition) is 6. The van der Waals surface area contributed by atoms with Gasteiger partial charge in [-0.25, -0.2) is 0 Å². The lowest BCUT2D eigenvalue weighted by molar-refractivity contribution is -0.161. The number of likely N-dealkylation sites (tertiary alicyclic amines) is 2. The molecule has 0 radical (unpaired) electrons. The lowest BCUT2D eigenvalue weighted by Gasteiger charge is -2.39. The highest BCUT2D eigenvalue weighted by molar-refractivity contribution is 6.01. The van der Waals surface area contributed by atoms with Gasteiger partial charge in [0, 0.05) is 30.9 Å². The Labute approximate surface area is 219 Å². The predicted molar refractivity (Wildman–Crippen MR) is 140 cm³/mol.